The van der Waals surface area contributed by atoms with Gasteiger partial charge in [0, 0.05) is 38.2 Å². The minimum atomic E-state index is -0.333. The Morgan fingerprint density at radius 3 is 2.74 bits per heavy atom. The number of halogens is 1. The Labute approximate surface area is 137 Å². The molecule has 2 aromatic heterocycles. The van der Waals surface area contributed by atoms with Gasteiger partial charge in [-0.05, 0) is 18.2 Å². The summed E-state index contributed by atoms with van der Waals surface area (Å²) in [7, 11) is 0. The quantitative estimate of drug-likeness (QED) is 0.919. The van der Waals surface area contributed by atoms with Crippen molar-refractivity contribution in [2.45, 2.75) is 18.9 Å². The lowest BCUT2D eigenvalue weighted by atomic mass is 10.1. The molecule has 1 aliphatic rings. The highest BCUT2D eigenvalue weighted by Crippen LogP contribution is 2.24. The molecule has 0 aromatic carbocycles. The summed E-state index contributed by atoms with van der Waals surface area (Å²) in [6.45, 7) is 1.10. The van der Waals surface area contributed by atoms with Crippen LogP contribution >= 0.6 is 11.6 Å². The lowest BCUT2D eigenvalue weighted by molar-refractivity contribution is 0.0581. The fourth-order valence-corrected chi connectivity index (χ4v) is 2.58. The van der Waals surface area contributed by atoms with Gasteiger partial charge >= 0.3 is 0 Å². The molecule has 3 rings (SSSR count). The second-order valence-corrected chi connectivity index (χ2v) is 5.61. The smallest absolute Gasteiger partial charge is 0.274 e. The number of aromatic amines is 1. The molecule has 8 heteroatoms. The topological polar surface area (TPSA) is 88.2 Å². The van der Waals surface area contributed by atoms with E-state index in [1.807, 2.05) is 0 Å². The van der Waals surface area contributed by atoms with Crippen molar-refractivity contribution in [2.75, 3.05) is 13.1 Å². The molecule has 0 spiro atoms. The number of nitrogens with one attached hydrogen (secondary N) is 1. The molecule has 120 valence electrons. The summed E-state index contributed by atoms with van der Waals surface area (Å²) in [5.41, 5.74) is -0.0994. The number of ether oxygens (including phenoxy) is 1. The number of aromatic nitrogens is 3. The van der Waals surface area contributed by atoms with E-state index in [1.54, 1.807) is 23.2 Å². The SMILES string of the molecule is O=C(c1ccc(=O)[nH]n1)N1CCC(Oc2ncccc2Cl)CC1. The summed E-state index contributed by atoms with van der Waals surface area (Å²) in [6.07, 6.45) is 2.96. The van der Waals surface area contributed by atoms with Crippen molar-refractivity contribution in [1.29, 1.82) is 0 Å². The zero-order valence-electron chi connectivity index (χ0n) is 12.2. The van der Waals surface area contributed by atoms with Crippen molar-refractivity contribution >= 4 is 17.5 Å². The second kappa shape index (κ2) is 6.78. The molecule has 3 heterocycles. The largest absolute Gasteiger partial charge is 0.473 e. The van der Waals surface area contributed by atoms with Gasteiger partial charge in [0.2, 0.25) is 5.88 Å². The lowest BCUT2D eigenvalue weighted by Crippen LogP contribution is -2.42. The molecule has 23 heavy (non-hydrogen) atoms. The zero-order valence-corrected chi connectivity index (χ0v) is 13.0. The normalized spacial score (nSPS) is 15.4. The third kappa shape index (κ3) is 3.68. The molecule has 0 aliphatic carbocycles. The van der Waals surface area contributed by atoms with Crippen LogP contribution in [0.1, 0.15) is 23.3 Å². The van der Waals surface area contributed by atoms with Gasteiger partial charge in [0.25, 0.3) is 11.5 Å². The second-order valence-electron chi connectivity index (χ2n) is 5.21. The summed E-state index contributed by atoms with van der Waals surface area (Å²) >= 11 is 6.03. The standard InChI is InChI=1S/C15H15ClN4O3/c16-11-2-1-7-17-14(11)23-10-5-8-20(9-6-10)15(22)12-3-4-13(21)19-18-12/h1-4,7,10H,5-6,8-9H2,(H,19,21). The van der Waals surface area contributed by atoms with E-state index in [9.17, 15) is 9.59 Å². The summed E-state index contributed by atoms with van der Waals surface area (Å²) < 4.78 is 5.79. The van der Waals surface area contributed by atoms with Gasteiger partial charge in [-0.2, -0.15) is 5.10 Å². The Balaban J connectivity index is 1.58. The van der Waals surface area contributed by atoms with E-state index in [1.165, 1.54) is 12.1 Å². The zero-order chi connectivity index (χ0) is 16.2. The summed E-state index contributed by atoms with van der Waals surface area (Å²) in [5.74, 6) is 0.219. The molecule has 0 unspecified atom stereocenters. The number of H-pyrrole nitrogens is 1. The molecule has 2 aromatic rings. The van der Waals surface area contributed by atoms with Gasteiger partial charge < -0.3 is 9.64 Å². The number of piperidine rings is 1. The first kappa shape index (κ1) is 15.5. The van der Waals surface area contributed by atoms with Crippen LogP contribution in [-0.2, 0) is 0 Å². The molecule has 7 nitrogen and oxygen atoms in total. The first-order valence-electron chi connectivity index (χ1n) is 7.25. The van der Waals surface area contributed by atoms with Crippen molar-refractivity contribution in [2.24, 2.45) is 0 Å². The maximum absolute atomic E-state index is 12.3. The number of carbonyl (C=O) groups is 1. The maximum atomic E-state index is 12.3. The number of hydrogen-bond acceptors (Lipinski definition) is 5. The third-order valence-corrected chi connectivity index (χ3v) is 3.92. The van der Waals surface area contributed by atoms with Crippen LogP contribution in [0.15, 0.2) is 35.3 Å². The number of amides is 1. The number of likely N-dealkylation sites (tertiary alicyclic amines) is 1. The van der Waals surface area contributed by atoms with Gasteiger partial charge in [-0.1, -0.05) is 11.6 Å². The number of nitrogens with zero attached hydrogens (tertiary/aromatic N) is 3. The first-order valence-corrected chi connectivity index (χ1v) is 7.63. The fraction of sp³-hybridized carbons (Fsp3) is 0.333. The fourth-order valence-electron chi connectivity index (χ4n) is 2.42. The summed E-state index contributed by atoms with van der Waals surface area (Å²) in [5, 5.41) is 6.51. The predicted molar refractivity (Wildman–Crippen MR) is 83.7 cm³/mol. The lowest BCUT2D eigenvalue weighted by Gasteiger charge is -2.31. The van der Waals surface area contributed by atoms with E-state index in [-0.39, 0.29) is 23.3 Å². The average molecular weight is 335 g/mol. The molecule has 0 bridgehead atoms. The van der Waals surface area contributed by atoms with Gasteiger partial charge in [-0.25, -0.2) is 10.1 Å². The highest BCUT2D eigenvalue weighted by atomic mass is 35.5. The molecule has 1 aliphatic heterocycles. The molecule has 0 atom stereocenters. The van der Waals surface area contributed by atoms with E-state index >= 15 is 0 Å². The Kier molecular flexibility index (Phi) is 4.57. The average Bonchev–Trinajstić information content (AvgIpc) is 2.58. The summed E-state index contributed by atoms with van der Waals surface area (Å²) in [4.78, 5) is 29.1. The van der Waals surface area contributed by atoms with E-state index < -0.39 is 0 Å². The van der Waals surface area contributed by atoms with Crippen LogP contribution in [0.5, 0.6) is 5.88 Å². The third-order valence-electron chi connectivity index (χ3n) is 3.63. The van der Waals surface area contributed by atoms with Crippen LogP contribution < -0.4 is 10.3 Å². The van der Waals surface area contributed by atoms with Crippen LogP contribution in [0.3, 0.4) is 0 Å². The van der Waals surface area contributed by atoms with Gasteiger partial charge in [0.1, 0.15) is 16.8 Å². The van der Waals surface area contributed by atoms with Crippen molar-refractivity contribution < 1.29 is 9.53 Å². The van der Waals surface area contributed by atoms with Crippen LogP contribution in [0.25, 0.3) is 0 Å². The van der Waals surface area contributed by atoms with Crippen LogP contribution in [-0.4, -0.2) is 45.2 Å². The predicted octanol–water partition coefficient (Wildman–Crippen LogP) is 1.50. The Hall–Kier alpha value is -2.41. The summed E-state index contributed by atoms with van der Waals surface area (Å²) in [6, 6.07) is 6.19. The van der Waals surface area contributed by atoms with E-state index in [4.69, 9.17) is 16.3 Å². The Morgan fingerprint density at radius 1 is 1.30 bits per heavy atom. The van der Waals surface area contributed by atoms with Crippen molar-refractivity contribution in [3.05, 3.63) is 51.5 Å². The number of rotatable bonds is 3. The number of pyridine rings is 1. The molecular formula is C15H15ClN4O3. The molecule has 1 saturated heterocycles. The number of hydrogen-bond donors (Lipinski definition) is 1. The van der Waals surface area contributed by atoms with E-state index in [2.05, 4.69) is 15.2 Å². The minimum Gasteiger partial charge on any atom is -0.473 e. The van der Waals surface area contributed by atoms with Gasteiger partial charge in [-0.15, -0.1) is 0 Å². The monoisotopic (exact) mass is 334 g/mol. The van der Waals surface area contributed by atoms with Crippen molar-refractivity contribution in [1.82, 2.24) is 20.1 Å². The van der Waals surface area contributed by atoms with Crippen molar-refractivity contribution in [3.8, 4) is 5.88 Å². The first-order chi connectivity index (χ1) is 11.1. The Morgan fingerprint density at radius 2 is 2.09 bits per heavy atom. The molecule has 1 fully saturated rings. The molecular weight excluding hydrogens is 320 g/mol. The number of carbonyl (C=O) groups excluding carboxylic acids is 1. The Bertz CT molecular complexity index is 736. The molecule has 1 N–H and O–H groups in total. The molecule has 1 amide bonds. The van der Waals surface area contributed by atoms with E-state index in [0.717, 1.165) is 0 Å². The van der Waals surface area contributed by atoms with E-state index in [0.29, 0.717) is 36.8 Å². The van der Waals surface area contributed by atoms with Gasteiger partial charge in [0.05, 0.1) is 0 Å². The maximum Gasteiger partial charge on any atom is 0.274 e. The van der Waals surface area contributed by atoms with Crippen LogP contribution in [0, 0.1) is 0 Å². The van der Waals surface area contributed by atoms with Gasteiger partial charge in [0.15, 0.2) is 0 Å². The van der Waals surface area contributed by atoms with Gasteiger partial charge in [-0.3, -0.25) is 9.59 Å². The van der Waals surface area contributed by atoms with Crippen LogP contribution in [0.2, 0.25) is 5.02 Å². The highest BCUT2D eigenvalue weighted by molar-refractivity contribution is 6.31. The highest BCUT2D eigenvalue weighted by Gasteiger charge is 2.26. The molecule has 0 radical (unpaired) electrons. The van der Waals surface area contributed by atoms with Crippen molar-refractivity contribution in [3.63, 3.8) is 0 Å². The van der Waals surface area contributed by atoms with Crippen LogP contribution in [0.4, 0.5) is 0 Å². The molecule has 0 saturated carbocycles. The minimum absolute atomic E-state index is 0.0324.